The summed E-state index contributed by atoms with van der Waals surface area (Å²) in [7, 11) is 0. The monoisotopic (exact) mass is 444 g/mol. The van der Waals surface area contributed by atoms with Crippen LogP contribution in [-0.2, 0) is 5.75 Å². The van der Waals surface area contributed by atoms with Crippen LogP contribution in [0.2, 0.25) is 0 Å². The summed E-state index contributed by atoms with van der Waals surface area (Å²) < 4.78 is 0. The maximum atomic E-state index is 12.8. The quantitative estimate of drug-likeness (QED) is 0.421. The molecule has 0 aromatic heterocycles. The van der Waals surface area contributed by atoms with Gasteiger partial charge in [-0.2, -0.15) is 0 Å². The van der Waals surface area contributed by atoms with Crippen LogP contribution in [0, 0.1) is 0 Å². The molecule has 5 heteroatoms. The number of nitrogens with one attached hydrogen (secondary N) is 2. The van der Waals surface area contributed by atoms with Gasteiger partial charge in [-0.3, -0.25) is 9.59 Å². The zero-order valence-electron chi connectivity index (χ0n) is 18.1. The normalized spacial score (nSPS) is 14.0. The largest absolute Gasteiger partial charge is 0.349 e. The molecule has 164 valence electrons. The molecule has 2 amide bonds. The number of carbonyl (C=O) groups excluding carboxylic acids is 2. The van der Waals surface area contributed by atoms with Crippen molar-refractivity contribution in [2.24, 2.45) is 0 Å². The third-order valence-corrected chi connectivity index (χ3v) is 6.81. The minimum atomic E-state index is -0.217. The van der Waals surface area contributed by atoms with Crippen molar-refractivity contribution >= 4 is 29.3 Å². The molecule has 0 bridgehead atoms. The van der Waals surface area contributed by atoms with Crippen LogP contribution in [0.25, 0.3) is 0 Å². The van der Waals surface area contributed by atoms with E-state index >= 15 is 0 Å². The Morgan fingerprint density at radius 1 is 0.781 bits per heavy atom. The molecule has 1 fully saturated rings. The molecule has 3 aromatic carbocycles. The lowest BCUT2D eigenvalue weighted by Gasteiger charge is -2.23. The molecule has 1 saturated carbocycles. The zero-order valence-corrected chi connectivity index (χ0v) is 18.9. The fourth-order valence-electron chi connectivity index (χ4n) is 3.93. The summed E-state index contributed by atoms with van der Waals surface area (Å²) in [4.78, 5) is 26.9. The number of hydrogen-bond donors (Lipinski definition) is 2. The molecular formula is C27H28N2O2S. The summed E-state index contributed by atoms with van der Waals surface area (Å²) in [6.45, 7) is 0. The summed E-state index contributed by atoms with van der Waals surface area (Å²) >= 11 is 1.76. The van der Waals surface area contributed by atoms with E-state index in [4.69, 9.17) is 0 Å². The molecule has 0 atom stereocenters. The Kier molecular flexibility index (Phi) is 7.62. The van der Waals surface area contributed by atoms with E-state index in [1.165, 1.54) is 11.3 Å². The molecular weight excluding hydrogens is 416 g/mol. The van der Waals surface area contributed by atoms with Gasteiger partial charge in [-0.05, 0) is 54.8 Å². The Balaban J connectivity index is 1.37. The fraction of sp³-hybridized carbons (Fsp3) is 0.259. The van der Waals surface area contributed by atoms with Crippen molar-refractivity contribution in [3.05, 3.63) is 95.6 Å². The highest BCUT2D eigenvalue weighted by molar-refractivity contribution is 7.98. The molecule has 0 aliphatic heterocycles. The van der Waals surface area contributed by atoms with Crippen molar-refractivity contribution in [2.45, 2.75) is 48.8 Å². The standard InChI is InChI=1S/C27H28N2O2S/c30-26(21-17-15-20(16-18-21)19-32-23-11-5-2-6-12-23)29-25-14-8-7-13-24(25)27(31)28-22-9-3-1-4-10-22/h2,5-8,11-18,22H,1,3-4,9-10,19H2,(H,28,31)(H,29,30). The van der Waals surface area contributed by atoms with Gasteiger partial charge in [-0.25, -0.2) is 0 Å². The van der Waals surface area contributed by atoms with E-state index in [-0.39, 0.29) is 17.9 Å². The molecule has 3 aromatic rings. The van der Waals surface area contributed by atoms with Gasteiger partial charge in [0.2, 0.25) is 0 Å². The minimum Gasteiger partial charge on any atom is -0.349 e. The van der Waals surface area contributed by atoms with Gasteiger partial charge < -0.3 is 10.6 Å². The SMILES string of the molecule is O=C(Nc1ccccc1C(=O)NC1CCCCC1)c1ccc(CSc2ccccc2)cc1. The van der Waals surface area contributed by atoms with Crippen LogP contribution < -0.4 is 10.6 Å². The average Bonchev–Trinajstić information content (AvgIpc) is 2.84. The first-order chi connectivity index (χ1) is 15.7. The highest BCUT2D eigenvalue weighted by Gasteiger charge is 2.19. The molecule has 2 N–H and O–H groups in total. The van der Waals surface area contributed by atoms with Gasteiger partial charge in [0, 0.05) is 22.3 Å². The number of hydrogen-bond acceptors (Lipinski definition) is 3. The molecule has 0 spiro atoms. The third-order valence-electron chi connectivity index (χ3n) is 5.73. The van der Waals surface area contributed by atoms with Crippen molar-refractivity contribution in [3.8, 4) is 0 Å². The Hall–Kier alpha value is -3.05. The second-order valence-corrected chi connectivity index (χ2v) is 9.16. The van der Waals surface area contributed by atoms with Gasteiger partial charge >= 0.3 is 0 Å². The predicted molar refractivity (Wildman–Crippen MR) is 131 cm³/mol. The van der Waals surface area contributed by atoms with Crippen molar-refractivity contribution < 1.29 is 9.59 Å². The molecule has 0 heterocycles. The van der Waals surface area contributed by atoms with E-state index in [1.807, 2.05) is 54.6 Å². The highest BCUT2D eigenvalue weighted by Crippen LogP contribution is 2.23. The summed E-state index contributed by atoms with van der Waals surface area (Å²) in [5, 5.41) is 6.05. The molecule has 4 rings (SSSR count). The van der Waals surface area contributed by atoms with Crippen molar-refractivity contribution in [2.75, 3.05) is 5.32 Å². The number of rotatable bonds is 7. The van der Waals surface area contributed by atoms with Crippen LogP contribution in [0.5, 0.6) is 0 Å². The van der Waals surface area contributed by atoms with Crippen LogP contribution in [0.4, 0.5) is 5.69 Å². The lowest BCUT2D eigenvalue weighted by atomic mass is 9.95. The minimum absolute atomic E-state index is 0.124. The van der Waals surface area contributed by atoms with Crippen molar-refractivity contribution in [3.63, 3.8) is 0 Å². The Labute approximate surface area is 193 Å². The number of amides is 2. The number of anilines is 1. The molecule has 32 heavy (non-hydrogen) atoms. The van der Waals surface area contributed by atoms with E-state index in [0.717, 1.165) is 37.0 Å². The van der Waals surface area contributed by atoms with Gasteiger partial charge in [0.15, 0.2) is 0 Å². The lowest BCUT2D eigenvalue weighted by molar-refractivity contribution is 0.0928. The number of carbonyl (C=O) groups is 2. The second-order valence-electron chi connectivity index (χ2n) is 8.11. The summed E-state index contributed by atoms with van der Waals surface area (Å²) in [5.41, 5.74) is 2.76. The topological polar surface area (TPSA) is 58.2 Å². The molecule has 0 unspecified atom stereocenters. The summed E-state index contributed by atoms with van der Waals surface area (Å²) in [6, 6.07) is 25.3. The first kappa shape index (κ1) is 22.2. The first-order valence-electron chi connectivity index (χ1n) is 11.2. The molecule has 1 aliphatic rings. The van der Waals surface area contributed by atoms with E-state index < -0.39 is 0 Å². The zero-order chi connectivity index (χ0) is 22.2. The first-order valence-corrected chi connectivity index (χ1v) is 12.2. The van der Waals surface area contributed by atoms with Crippen LogP contribution in [0.15, 0.2) is 83.8 Å². The summed E-state index contributed by atoms with van der Waals surface area (Å²) in [6.07, 6.45) is 5.60. The van der Waals surface area contributed by atoms with E-state index in [1.54, 1.807) is 23.9 Å². The van der Waals surface area contributed by atoms with E-state index in [2.05, 4.69) is 22.8 Å². The smallest absolute Gasteiger partial charge is 0.255 e. The van der Waals surface area contributed by atoms with Crippen molar-refractivity contribution in [1.29, 1.82) is 0 Å². The predicted octanol–water partition coefficient (Wildman–Crippen LogP) is 6.29. The van der Waals surface area contributed by atoms with Crippen LogP contribution in [0.1, 0.15) is 58.4 Å². The van der Waals surface area contributed by atoms with Gasteiger partial charge in [-0.15, -0.1) is 11.8 Å². The maximum Gasteiger partial charge on any atom is 0.255 e. The molecule has 1 aliphatic carbocycles. The Bertz CT molecular complexity index is 1040. The summed E-state index contributed by atoms with van der Waals surface area (Å²) in [5.74, 6) is 0.502. The van der Waals surface area contributed by atoms with Gasteiger partial charge in [-0.1, -0.05) is 61.7 Å². The maximum absolute atomic E-state index is 12.8. The average molecular weight is 445 g/mol. The van der Waals surface area contributed by atoms with Gasteiger partial charge in [0.1, 0.15) is 0 Å². The lowest BCUT2D eigenvalue weighted by Crippen LogP contribution is -2.36. The number of thioether (sulfide) groups is 1. The molecule has 0 saturated heterocycles. The Morgan fingerprint density at radius 3 is 2.22 bits per heavy atom. The Morgan fingerprint density at radius 2 is 1.47 bits per heavy atom. The van der Waals surface area contributed by atoms with Gasteiger partial charge in [0.05, 0.1) is 11.3 Å². The van der Waals surface area contributed by atoms with E-state index in [0.29, 0.717) is 16.8 Å². The molecule has 0 radical (unpaired) electrons. The number of benzene rings is 3. The van der Waals surface area contributed by atoms with Crippen LogP contribution >= 0.6 is 11.8 Å². The van der Waals surface area contributed by atoms with Crippen LogP contribution in [0.3, 0.4) is 0 Å². The number of para-hydroxylation sites is 1. The van der Waals surface area contributed by atoms with E-state index in [9.17, 15) is 9.59 Å². The highest BCUT2D eigenvalue weighted by atomic mass is 32.2. The second kappa shape index (κ2) is 11.0. The van der Waals surface area contributed by atoms with Crippen molar-refractivity contribution in [1.82, 2.24) is 5.32 Å². The fourth-order valence-corrected chi connectivity index (χ4v) is 4.81. The van der Waals surface area contributed by atoms with Gasteiger partial charge in [0.25, 0.3) is 11.8 Å². The van der Waals surface area contributed by atoms with Crippen LogP contribution in [-0.4, -0.2) is 17.9 Å². The molecule has 4 nitrogen and oxygen atoms in total. The third kappa shape index (κ3) is 6.01.